The lowest BCUT2D eigenvalue weighted by Crippen LogP contribution is -2.54. The Bertz CT molecular complexity index is 2450. The van der Waals surface area contributed by atoms with E-state index in [2.05, 4.69) is 15.3 Å². The van der Waals surface area contributed by atoms with E-state index in [9.17, 15) is 37.5 Å². The van der Waals surface area contributed by atoms with Crippen molar-refractivity contribution in [3.8, 4) is 22.4 Å². The molecule has 0 radical (unpaired) electrons. The summed E-state index contributed by atoms with van der Waals surface area (Å²) in [6.07, 6.45) is 3.18. The van der Waals surface area contributed by atoms with Gasteiger partial charge in [-0.15, -0.1) is 0 Å². The van der Waals surface area contributed by atoms with E-state index < -0.39 is 66.7 Å². The molecule has 4 aromatic rings. The number of likely N-dealkylation sites (tertiary alicyclic amines) is 2. The minimum absolute atomic E-state index is 0.0682. The molecule has 0 bridgehead atoms. The van der Waals surface area contributed by atoms with E-state index >= 15 is 0 Å². The number of halogens is 2. The zero-order valence-corrected chi connectivity index (χ0v) is 36.3. The summed E-state index contributed by atoms with van der Waals surface area (Å²) in [7, 11) is 2.52. The van der Waals surface area contributed by atoms with Crippen molar-refractivity contribution < 1.29 is 47.0 Å². The maximum atomic E-state index is 14.8. The van der Waals surface area contributed by atoms with Gasteiger partial charge in [0.2, 0.25) is 23.6 Å². The molecule has 336 valence electrons. The zero-order chi connectivity index (χ0) is 45.4. The van der Waals surface area contributed by atoms with Crippen LogP contribution in [0.3, 0.4) is 0 Å². The second-order valence-electron chi connectivity index (χ2n) is 17.6. The third kappa shape index (κ3) is 8.74. The van der Waals surface area contributed by atoms with Crippen LogP contribution in [0.25, 0.3) is 22.4 Å². The monoisotopic (exact) mass is 878 g/mol. The molecule has 4 aliphatic rings. The Morgan fingerprint density at radius 3 is 2.23 bits per heavy atom. The van der Waals surface area contributed by atoms with Crippen LogP contribution < -0.4 is 10.2 Å². The summed E-state index contributed by atoms with van der Waals surface area (Å²) in [6, 6.07) is 18.1. The smallest absolute Gasteiger partial charge is 0.306 e. The van der Waals surface area contributed by atoms with Gasteiger partial charge in [0.25, 0.3) is 5.92 Å². The lowest BCUT2D eigenvalue weighted by Gasteiger charge is -2.32. The van der Waals surface area contributed by atoms with Crippen LogP contribution in [0, 0.1) is 17.8 Å². The minimum atomic E-state index is -3.13. The number of benzene rings is 3. The van der Waals surface area contributed by atoms with Crippen LogP contribution in [-0.4, -0.2) is 101 Å². The third-order valence-electron chi connectivity index (χ3n) is 13.2. The SMILES string of the molecule is COC(=O)C[C@H]1CCc2cccc3c2N(C1=O)[C@H](C(=O)N1CCC[C@H]1C(=O)Nc1ccc(-c2ccc(-c4cnc([C@@H]5CC(F)(F)CN5C(=O)[C@@H](CC(=O)OC)C(C)C)[nH]4)cc2)cc1)C3. The predicted octanol–water partition coefficient (Wildman–Crippen LogP) is 6.50. The number of carbonyl (C=O) groups is 6. The molecule has 4 amide bonds. The molecule has 3 aromatic carbocycles. The van der Waals surface area contributed by atoms with Crippen LogP contribution in [0.5, 0.6) is 0 Å². The number of H-pyrrole nitrogens is 1. The summed E-state index contributed by atoms with van der Waals surface area (Å²) < 4.78 is 39.3. The van der Waals surface area contributed by atoms with E-state index in [0.717, 1.165) is 38.4 Å². The molecule has 5 atom stereocenters. The first-order valence-electron chi connectivity index (χ1n) is 21.8. The third-order valence-corrected chi connectivity index (χ3v) is 13.2. The van der Waals surface area contributed by atoms with Crippen molar-refractivity contribution in [1.82, 2.24) is 19.8 Å². The maximum Gasteiger partial charge on any atom is 0.306 e. The fourth-order valence-corrected chi connectivity index (χ4v) is 9.70. The van der Waals surface area contributed by atoms with Gasteiger partial charge in [0.15, 0.2) is 0 Å². The molecule has 14 nitrogen and oxygen atoms in total. The first kappa shape index (κ1) is 44.2. The van der Waals surface area contributed by atoms with Gasteiger partial charge in [-0.2, -0.15) is 0 Å². The molecule has 8 rings (SSSR count). The summed E-state index contributed by atoms with van der Waals surface area (Å²) >= 11 is 0. The van der Waals surface area contributed by atoms with Gasteiger partial charge in [-0.3, -0.25) is 33.7 Å². The van der Waals surface area contributed by atoms with Crippen LogP contribution in [-0.2, 0) is 51.1 Å². The van der Waals surface area contributed by atoms with E-state index in [0.29, 0.717) is 50.0 Å². The number of rotatable bonds is 12. The normalized spacial score (nSPS) is 21.7. The molecule has 1 aromatic heterocycles. The molecule has 0 unspecified atom stereocenters. The molecule has 16 heteroatoms. The molecular weight excluding hydrogens is 827 g/mol. The van der Waals surface area contributed by atoms with Crippen LogP contribution >= 0.6 is 0 Å². The molecule has 2 fully saturated rings. The maximum absolute atomic E-state index is 14.8. The van der Waals surface area contributed by atoms with Crippen LogP contribution in [0.1, 0.15) is 75.4 Å². The summed E-state index contributed by atoms with van der Waals surface area (Å²) in [5.74, 6) is -7.10. The number of para-hydroxylation sites is 1. The Balaban J connectivity index is 0.914. The summed E-state index contributed by atoms with van der Waals surface area (Å²) in [4.78, 5) is 91.9. The fourth-order valence-electron chi connectivity index (χ4n) is 9.70. The first-order chi connectivity index (χ1) is 30.7. The number of carbonyl (C=O) groups excluding carboxylic acids is 6. The van der Waals surface area contributed by atoms with E-state index in [1.165, 1.54) is 14.2 Å². The second kappa shape index (κ2) is 18.0. The molecule has 5 heterocycles. The largest absolute Gasteiger partial charge is 0.469 e. The number of aromatic amines is 1. The lowest BCUT2D eigenvalue weighted by atomic mass is 9.91. The quantitative estimate of drug-likeness (QED) is 0.151. The van der Waals surface area contributed by atoms with Gasteiger partial charge in [-0.05, 0) is 71.6 Å². The molecule has 0 aliphatic carbocycles. The number of aryl methyl sites for hydroxylation is 1. The van der Waals surface area contributed by atoms with Crippen LogP contribution in [0.15, 0.2) is 72.9 Å². The average molecular weight is 879 g/mol. The lowest BCUT2D eigenvalue weighted by molar-refractivity contribution is -0.149. The zero-order valence-electron chi connectivity index (χ0n) is 36.3. The topological polar surface area (TPSA) is 171 Å². The Kier molecular flexibility index (Phi) is 12.4. The van der Waals surface area contributed by atoms with E-state index in [-0.39, 0.29) is 42.3 Å². The molecular formula is C48H52F2N6O8. The fraction of sp³-hybridized carbons (Fsp3) is 0.438. The number of nitrogens with one attached hydrogen (secondary N) is 2. The van der Waals surface area contributed by atoms with Gasteiger partial charge in [-0.25, -0.2) is 13.8 Å². The summed E-state index contributed by atoms with van der Waals surface area (Å²) in [6.45, 7) is 3.14. The van der Waals surface area contributed by atoms with Gasteiger partial charge < -0.3 is 29.6 Å². The number of alkyl halides is 2. The van der Waals surface area contributed by atoms with Crippen molar-refractivity contribution >= 4 is 46.9 Å². The number of imidazole rings is 1. The molecule has 0 saturated carbocycles. The van der Waals surface area contributed by atoms with Crippen molar-refractivity contribution in [2.45, 2.75) is 89.3 Å². The predicted molar refractivity (Wildman–Crippen MR) is 232 cm³/mol. The number of hydrogen-bond acceptors (Lipinski definition) is 9. The Labute approximate surface area is 369 Å². The molecule has 2 saturated heterocycles. The van der Waals surface area contributed by atoms with Crippen LogP contribution in [0.2, 0.25) is 0 Å². The number of nitrogens with zero attached hydrogens (tertiary/aromatic N) is 4. The van der Waals surface area contributed by atoms with Crippen molar-refractivity contribution in [3.05, 3.63) is 89.9 Å². The number of ether oxygens (including phenoxy) is 2. The van der Waals surface area contributed by atoms with E-state index in [4.69, 9.17) is 9.47 Å². The number of hydrogen-bond donors (Lipinski definition) is 2. The van der Waals surface area contributed by atoms with Crippen molar-refractivity contribution in [2.75, 3.05) is 37.5 Å². The average Bonchev–Trinajstić information content (AvgIpc) is 4.10. The van der Waals surface area contributed by atoms with Gasteiger partial charge in [0, 0.05) is 31.0 Å². The van der Waals surface area contributed by atoms with Gasteiger partial charge in [0.1, 0.15) is 17.9 Å². The van der Waals surface area contributed by atoms with Gasteiger partial charge in [-0.1, -0.05) is 68.4 Å². The highest BCUT2D eigenvalue weighted by Gasteiger charge is 2.51. The molecule has 2 N–H and O–H groups in total. The highest BCUT2D eigenvalue weighted by molar-refractivity contribution is 6.07. The van der Waals surface area contributed by atoms with Crippen molar-refractivity contribution in [2.24, 2.45) is 17.8 Å². The standard InChI is InChI=1S/C48H52F2N6O8/c1-27(2)35(23-41(58)64-4)46(61)55-26-48(49,50)24-39(55)43-51-25-36(53-43)30-12-10-28(11-13-30)29-16-18-34(19-17-29)52-44(59)37-9-6-20-54(37)47(62)38-21-32-8-5-7-31-14-15-33(22-40(57)63-3)45(60)56(38)42(31)32/h5,7-8,10-13,16-19,25,27,33,35,37-39H,6,9,14-15,20-24,26H2,1-4H3,(H,51,53)(H,52,59)/t33-,35+,37+,38+,39+/m1/s1. The molecule has 4 aliphatic heterocycles. The van der Waals surface area contributed by atoms with Gasteiger partial charge >= 0.3 is 11.9 Å². The number of anilines is 2. The molecule has 64 heavy (non-hydrogen) atoms. The summed E-state index contributed by atoms with van der Waals surface area (Å²) in [5.41, 5.74) is 6.24. The highest BCUT2D eigenvalue weighted by atomic mass is 19.3. The number of esters is 2. The highest BCUT2D eigenvalue weighted by Crippen LogP contribution is 2.44. The Morgan fingerprint density at radius 1 is 0.875 bits per heavy atom. The first-order valence-corrected chi connectivity index (χ1v) is 21.8. The van der Waals surface area contributed by atoms with Crippen molar-refractivity contribution in [1.29, 1.82) is 0 Å². The van der Waals surface area contributed by atoms with Crippen LogP contribution in [0.4, 0.5) is 20.2 Å². The van der Waals surface area contributed by atoms with E-state index in [1.54, 1.807) is 42.0 Å². The Morgan fingerprint density at radius 2 is 1.55 bits per heavy atom. The number of methoxy groups -OCH3 is 2. The minimum Gasteiger partial charge on any atom is -0.469 e. The van der Waals surface area contributed by atoms with E-state index in [1.807, 2.05) is 54.6 Å². The number of aromatic nitrogens is 2. The summed E-state index contributed by atoms with van der Waals surface area (Å²) in [5, 5.41) is 2.98. The number of amides is 4. The van der Waals surface area contributed by atoms with Gasteiger partial charge in [0.05, 0.1) is 63.1 Å². The van der Waals surface area contributed by atoms with Crippen molar-refractivity contribution in [3.63, 3.8) is 0 Å². The molecule has 0 spiro atoms. The Hall–Kier alpha value is -6.45. The second-order valence-corrected chi connectivity index (χ2v) is 17.6.